The van der Waals surface area contributed by atoms with Gasteiger partial charge in [-0.15, -0.1) is 0 Å². The van der Waals surface area contributed by atoms with Crippen molar-refractivity contribution in [3.05, 3.63) is 42.1 Å². The molecule has 130 valence electrons. The number of carbonyl (C=O) groups is 1. The fraction of sp³-hybridized carbons (Fsp3) is 0.571. The van der Waals surface area contributed by atoms with Crippen LogP contribution in [-0.4, -0.2) is 36.9 Å². The van der Waals surface area contributed by atoms with Crippen LogP contribution in [0.5, 0.6) is 0 Å². The molecule has 2 atom stereocenters. The Balaban J connectivity index is 1.65. The van der Waals surface area contributed by atoms with Crippen LogP contribution in [0, 0.1) is 17.8 Å². The molecule has 3 nitrogen and oxygen atoms in total. The van der Waals surface area contributed by atoms with E-state index in [1.807, 2.05) is 0 Å². The van der Waals surface area contributed by atoms with Crippen molar-refractivity contribution >= 4 is 11.5 Å². The van der Waals surface area contributed by atoms with Crippen LogP contribution in [0.4, 0.5) is 5.69 Å². The summed E-state index contributed by atoms with van der Waals surface area (Å²) < 4.78 is 0. The van der Waals surface area contributed by atoms with E-state index in [9.17, 15) is 4.79 Å². The Bertz CT molecular complexity index is 585. The molecule has 0 unspecified atom stereocenters. The Hall–Kier alpha value is -1.77. The molecule has 24 heavy (non-hydrogen) atoms. The monoisotopic (exact) mass is 326 g/mol. The molecule has 0 spiro atoms. The minimum Gasteiger partial charge on any atom is -0.373 e. The third-order valence-electron chi connectivity index (χ3n) is 5.62. The zero-order valence-corrected chi connectivity index (χ0v) is 15.2. The summed E-state index contributed by atoms with van der Waals surface area (Å²) >= 11 is 0. The smallest absolute Gasteiger partial charge is 0.163 e. The van der Waals surface area contributed by atoms with Gasteiger partial charge in [-0.2, -0.15) is 0 Å². The van der Waals surface area contributed by atoms with Gasteiger partial charge in [-0.05, 0) is 36.8 Å². The van der Waals surface area contributed by atoms with Crippen LogP contribution >= 0.6 is 0 Å². The fourth-order valence-corrected chi connectivity index (χ4v) is 3.94. The fourth-order valence-electron chi connectivity index (χ4n) is 3.94. The van der Waals surface area contributed by atoms with Gasteiger partial charge in [0.1, 0.15) is 0 Å². The zero-order valence-electron chi connectivity index (χ0n) is 15.2. The van der Waals surface area contributed by atoms with Crippen molar-refractivity contribution in [3.8, 4) is 0 Å². The summed E-state index contributed by atoms with van der Waals surface area (Å²) in [6.07, 6.45) is 4.38. The van der Waals surface area contributed by atoms with Crippen molar-refractivity contribution in [1.29, 1.82) is 0 Å². The molecule has 1 heterocycles. The lowest BCUT2D eigenvalue weighted by Crippen LogP contribution is -2.44. The molecule has 3 heteroatoms. The predicted octanol–water partition coefficient (Wildman–Crippen LogP) is 3.96. The van der Waals surface area contributed by atoms with Gasteiger partial charge in [0.25, 0.3) is 0 Å². The minimum absolute atomic E-state index is 0.220. The number of benzene rings is 1. The van der Waals surface area contributed by atoms with Gasteiger partial charge < -0.3 is 9.80 Å². The summed E-state index contributed by atoms with van der Waals surface area (Å²) in [6.45, 7) is 10.6. The van der Waals surface area contributed by atoms with Crippen molar-refractivity contribution < 1.29 is 4.79 Å². The molecular formula is C21H30N2O. The van der Waals surface area contributed by atoms with E-state index in [1.165, 1.54) is 5.69 Å². The van der Waals surface area contributed by atoms with Crippen LogP contribution in [0.3, 0.4) is 0 Å². The molecule has 0 N–H and O–H groups in total. The summed E-state index contributed by atoms with van der Waals surface area (Å²) in [5, 5.41) is 0. The molecule has 0 aromatic heterocycles. The Labute approximate surface area is 146 Å². The van der Waals surface area contributed by atoms with E-state index in [4.69, 9.17) is 0 Å². The van der Waals surface area contributed by atoms with Crippen molar-refractivity contribution in [1.82, 2.24) is 4.90 Å². The zero-order chi connectivity index (χ0) is 17.1. The first-order valence-corrected chi connectivity index (χ1v) is 9.36. The van der Waals surface area contributed by atoms with Gasteiger partial charge >= 0.3 is 0 Å². The molecule has 2 aliphatic rings. The average Bonchev–Trinajstić information content (AvgIpc) is 2.59. The third-order valence-corrected chi connectivity index (χ3v) is 5.62. The molecule has 1 aliphatic heterocycles. The Morgan fingerprint density at radius 3 is 2.33 bits per heavy atom. The van der Waals surface area contributed by atoms with Crippen LogP contribution in [-0.2, 0) is 4.79 Å². The number of ketones is 1. The Morgan fingerprint density at radius 2 is 1.71 bits per heavy atom. The summed E-state index contributed by atoms with van der Waals surface area (Å²) in [6, 6.07) is 10.6. The van der Waals surface area contributed by atoms with Gasteiger partial charge in [-0.1, -0.05) is 39.0 Å². The summed E-state index contributed by atoms with van der Waals surface area (Å²) in [5.41, 5.74) is 2.36. The van der Waals surface area contributed by atoms with Crippen LogP contribution < -0.4 is 4.90 Å². The molecule has 1 saturated carbocycles. The number of carbonyl (C=O) groups excluding carboxylic acids is 1. The second-order valence-corrected chi connectivity index (χ2v) is 7.64. The second kappa shape index (κ2) is 7.42. The number of piperazine rings is 1. The number of allylic oxidation sites excluding steroid dienone is 1. The number of rotatable bonds is 3. The van der Waals surface area contributed by atoms with Gasteiger partial charge in [0.2, 0.25) is 0 Å². The number of hydrogen-bond acceptors (Lipinski definition) is 3. The normalized spacial score (nSPS) is 27.2. The lowest BCUT2D eigenvalue weighted by molar-refractivity contribution is -0.122. The van der Waals surface area contributed by atoms with Gasteiger partial charge in [-0.25, -0.2) is 0 Å². The van der Waals surface area contributed by atoms with Crippen LogP contribution in [0.1, 0.15) is 33.6 Å². The Morgan fingerprint density at radius 1 is 1.04 bits per heavy atom. The van der Waals surface area contributed by atoms with E-state index in [-0.39, 0.29) is 5.92 Å². The number of hydrogen-bond donors (Lipinski definition) is 0. The SMILES string of the molecule is CC(C)[C@@H]1CC[C@@H](C)/C(=C\N2CCN(c3ccccc3)CC2)C1=O. The van der Waals surface area contributed by atoms with Crippen LogP contribution in [0.15, 0.2) is 42.1 Å². The maximum absolute atomic E-state index is 12.8. The van der Waals surface area contributed by atoms with Crippen LogP contribution in [0.2, 0.25) is 0 Å². The summed E-state index contributed by atoms with van der Waals surface area (Å²) in [4.78, 5) is 17.6. The van der Waals surface area contributed by atoms with Crippen molar-refractivity contribution in [2.75, 3.05) is 31.1 Å². The molecule has 1 saturated heterocycles. The topological polar surface area (TPSA) is 23.6 Å². The van der Waals surface area contributed by atoms with Crippen LogP contribution in [0.25, 0.3) is 0 Å². The highest BCUT2D eigenvalue weighted by molar-refractivity contribution is 5.98. The Kier molecular flexibility index (Phi) is 5.27. The van der Waals surface area contributed by atoms with Gasteiger partial charge in [0, 0.05) is 49.6 Å². The van der Waals surface area contributed by atoms with Gasteiger partial charge in [0.15, 0.2) is 5.78 Å². The number of anilines is 1. The molecule has 1 aromatic carbocycles. The van der Waals surface area contributed by atoms with E-state index < -0.39 is 0 Å². The number of Topliss-reactive ketones (excluding diaryl/α,β-unsaturated/α-hetero) is 1. The molecule has 0 radical (unpaired) electrons. The third kappa shape index (κ3) is 3.66. The first kappa shape index (κ1) is 17.1. The maximum atomic E-state index is 12.8. The molecule has 2 fully saturated rings. The molecule has 1 aromatic rings. The molecular weight excluding hydrogens is 296 g/mol. The first-order chi connectivity index (χ1) is 11.6. The summed E-state index contributed by atoms with van der Waals surface area (Å²) in [7, 11) is 0. The van der Waals surface area contributed by atoms with Crippen molar-refractivity contribution in [3.63, 3.8) is 0 Å². The number of para-hydroxylation sites is 1. The average molecular weight is 326 g/mol. The standard InChI is InChI=1S/C21H30N2O/c1-16(2)19-10-9-17(3)20(21(19)24)15-22-11-13-23(14-12-22)18-7-5-4-6-8-18/h4-8,15-17,19H,9-14H2,1-3H3/b20-15+/t17-,19+/m1/s1. The van der Waals surface area contributed by atoms with E-state index in [0.29, 0.717) is 17.6 Å². The molecule has 1 aliphatic carbocycles. The van der Waals surface area contributed by atoms with E-state index in [0.717, 1.165) is 44.6 Å². The maximum Gasteiger partial charge on any atom is 0.163 e. The van der Waals surface area contributed by atoms with E-state index in [1.54, 1.807) is 0 Å². The van der Waals surface area contributed by atoms with E-state index in [2.05, 4.69) is 67.1 Å². The lowest BCUT2D eigenvalue weighted by Gasteiger charge is -2.37. The minimum atomic E-state index is 0.220. The predicted molar refractivity (Wildman–Crippen MR) is 100 cm³/mol. The van der Waals surface area contributed by atoms with Gasteiger partial charge in [0.05, 0.1) is 0 Å². The lowest BCUT2D eigenvalue weighted by atomic mass is 9.74. The van der Waals surface area contributed by atoms with Crippen molar-refractivity contribution in [2.45, 2.75) is 33.6 Å². The second-order valence-electron chi connectivity index (χ2n) is 7.64. The highest BCUT2D eigenvalue weighted by atomic mass is 16.1. The van der Waals surface area contributed by atoms with Gasteiger partial charge in [-0.3, -0.25) is 4.79 Å². The molecule has 3 rings (SSSR count). The molecule has 0 amide bonds. The quantitative estimate of drug-likeness (QED) is 0.786. The highest BCUT2D eigenvalue weighted by Crippen LogP contribution is 2.34. The summed E-state index contributed by atoms with van der Waals surface area (Å²) in [5.74, 6) is 1.47. The van der Waals surface area contributed by atoms with Crippen molar-refractivity contribution in [2.24, 2.45) is 17.8 Å². The largest absolute Gasteiger partial charge is 0.373 e. The first-order valence-electron chi connectivity index (χ1n) is 9.36. The number of nitrogens with zero attached hydrogens (tertiary/aromatic N) is 2. The highest BCUT2D eigenvalue weighted by Gasteiger charge is 2.33. The van der Waals surface area contributed by atoms with E-state index >= 15 is 0 Å². The molecule has 0 bridgehead atoms.